The summed E-state index contributed by atoms with van der Waals surface area (Å²) in [4.78, 5) is 0. The maximum Gasteiger partial charge on any atom is 0.460 e. The SMILES string of the molecule is O=S(=O)(Nc1ccc(Cl)cc1)C(F)(F)C(F)(F)C(F)(F)C(F)(F)F. The van der Waals surface area contributed by atoms with Crippen LogP contribution >= 0.6 is 11.6 Å². The second-order valence-corrected chi connectivity index (χ2v) is 6.44. The molecule has 0 amide bonds. The fraction of sp³-hybridized carbons (Fsp3) is 0.400. The maximum absolute atomic E-state index is 13.4. The Kier molecular flexibility index (Phi) is 5.05. The number of rotatable bonds is 5. The highest BCUT2D eigenvalue weighted by Crippen LogP contribution is 2.54. The van der Waals surface area contributed by atoms with Crippen LogP contribution in [0, 0.1) is 0 Å². The Labute approximate surface area is 133 Å². The minimum atomic E-state index is -7.31. The van der Waals surface area contributed by atoms with Gasteiger partial charge in [-0.05, 0) is 24.3 Å². The lowest BCUT2D eigenvalue weighted by molar-refractivity contribution is -0.382. The van der Waals surface area contributed by atoms with Gasteiger partial charge in [0.2, 0.25) is 0 Å². The van der Waals surface area contributed by atoms with Crippen molar-refractivity contribution in [2.75, 3.05) is 4.72 Å². The van der Waals surface area contributed by atoms with E-state index in [1.807, 2.05) is 0 Å². The minimum Gasteiger partial charge on any atom is -0.278 e. The van der Waals surface area contributed by atoms with E-state index in [1.54, 1.807) is 0 Å². The van der Waals surface area contributed by atoms with Gasteiger partial charge in [-0.3, -0.25) is 4.72 Å². The summed E-state index contributed by atoms with van der Waals surface area (Å²) in [5, 5.41) is -6.82. The molecule has 3 nitrogen and oxygen atoms in total. The Morgan fingerprint density at radius 1 is 0.792 bits per heavy atom. The second-order valence-electron chi connectivity index (χ2n) is 4.28. The normalized spacial score (nSPS) is 14.6. The zero-order valence-electron chi connectivity index (χ0n) is 10.8. The third kappa shape index (κ3) is 3.23. The summed E-state index contributed by atoms with van der Waals surface area (Å²) in [7, 11) is -6.68. The summed E-state index contributed by atoms with van der Waals surface area (Å²) in [6, 6.07) is 3.21. The number of sulfonamides is 1. The first kappa shape index (κ1) is 20.7. The first-order chi connectivity index (χ1) is 10.5. The molecule has 0 unspecified atom stereocenters. The van der Waals surface area contributed by atoms with Crippen molar-refractivity contribution in [1.82, 2.24) is 0 Å². The molecule has 0 atom stereocenters. The van der Waals surface area contributed by atoms with E-state index in [0.717, 1.165) is 16.9 Å². The highest BCUT2D eigenvalue weighted by molar-refractivity contribution is 7.93. The molecule has 1 aromatic carbocycles. The standard InChI is InChI=1S/C10H5ClF9NO2S/c11-5-1-3-6(4-2-5)21-24(22,23)10(19,20)8(14,15)7(12,13)9(16,17)18/h1-4,21H. The average Bonchev–Trinajstić information content (AvgIpc) is 2.39. The van der Waals surface area contributed by atoms with Crippen molar-refractivity contribution in [2.24, 2.45) is 0 Å². The molecule has 24 heavy (non-hydrogen) atoms. The van der Waals surface area contributed by atoms with Crippen molar-refractivity contribution in [3.63, 3.8) is 0 Å². The largest absolute Gasteiger partial charge is 0.460 e. The van der Waals surface area contributed by atoms with Gasteiger partial charge in [-0.15, -0.1) is 0 Å². The monoisotopic (exact) mass is 409 g/mol. The van der Waals surface area contributed by atoms with Gasteiger partial charge in [-0.2, -0.15) is 47.9 Å². The van der Waals surface area contributed by atoms with E-state index in [1.165, 1.54) is 0 Å². The van der Waals surface area contributed by atoms with Gasteiger partial charge < -0.3 is 0 Å². The molecule has 0 heterocycles. The van der Waals surface area contributed by atoms with Crippen LogP contribution < -0.4 is 4.72 Å². The molecule has 0 aliphatic heterocycles. The van der Waals surface area contributed by atoms with Gasteiger partial charge in [0.1, 0.15) is 0 Å². The van der Waals surface area contributed by atoms with E-state index in [0.29, 0.717) is 12.1 Å². The lowest BCUT2D eigenvalue weighted by atomic mass is 10.1. The number of alkyl halides is 9. The van der Waals surface area contributed by atoms with Crippen molar-refractivity contribution in [3.8, 4) is 0 Å². The number of anilines is 1. The molecule has 0 radical (unpaired) electrons. The molecule has 0 saturated heterocycles. The van der Waals surface area contributed by atoms with Gasteiger partial charge in [0, 0.05) is 10.7 Å². The molecule has 0 spiro atoms. The zero-order chi connectivity index (χ0) is 19.2. The predicted octanol–water partition coefficient (Wildman–Crippen LogP) is 4.51. The fourth-order valence-electron chi connectivity index (χ4n) is 1.27. The highest BCUT2D eigenvalue weighted by atomic mass is 35.5. The van der Waals surface area contributed by atoms with E-state index in [9.17, 15) is 47.9 Å². The van der Waals surface area contributed by atoms with Crippen LogP contribution in [0.4, 0.5) is 45.2 Å². The number of hydrogen-bond donors (Lipinski definition) is 1. The van der Waals surface area contributed by atoms with E-state index in [4.69, 9.17) is 11.6 Å². The molecule has 0 aliphatic carbocycles. The van der Waals surface area contributed by atoms with E-state index in [2.05, 4.69) is 0 Å². The van der Waals surface area contributed by atoms with E-state index < -0.39 is 39.0 Å². The predicted molar refractivity (Wildman–Crippen MR) is 64.9 cm³/mol. The molecular weight excluding hydrogens is 405 g/mol. The molecule has 1 N–H and O–H groups in total. The van der Waals surface area contributed by atoms with Crippen LogP contribution in [-0.4, -0.2) is 31.7 Å². The Balaban J connectivity index is 3.32. The highest BCUT2D eigenvalue weighted by Gasteiger charge is 2.85. The molecule has 1 aromatic rings. The molecule has 14 heteroatoms. The Bertz CT molecular complexity index is 700. The molecule has 0 bridgehead atoms. The molecule has 138 valence electrons. The van der Waals surface area contributed by atoms with E-state index >= 15 is 0 Å². The summed E-state index contributed by atoms with van der Waals surface area (Å²) in [5.74, 6) is -14.6. The Morgan fingerprint density at radius 2 is 1.21 bits per heavy atom. The number of nitrogens with one attached hydrogen (secondary N) is 1. The fourth-order valence-corrected chi connectivity index (χ4v) is 2.43. The maximum atomic E-state index is 13.4. The topological polar surface area (TPSA) is 46.2 Å². The van der Waals surface area contributed by atoms with Crippen LogP contribution in [0.2, 0.25) is 5.02 Å². The van der Waals surface area contributed by atoms with Crippen LogP contribution in [0.3, 0.4) is 0 Å². The Morgan fingerprint density at radius 3 is 1.58 bits per heavy atom. The van der Waals surface area contributed by atoms with E-state index in [-0.39, 0.29) is 5.02 Å². The first-order valence-corrected chi connectivity index (χ1v) is 7.31. The lowest BCUT2D eigenvalue weighted by Gasteiger charge is -2.33. The average molecular weight is 410 g/mol. The summed E-state index contributed by atoms with van der Waals surface area (Å²) in [6.07, 6.45) is -7.12. The molecule has 0 aliphatic rings. The van der Waals surface area contributed by atoms with Crippen molar-refractivity contribution in [1.29, 1.82) is 0 Å². The molecule has 0 saturated carbocycles. The third-order valence-corrected chi connectivity index (χ3v) is 4.24. The van der Waals surface area contributed by atoms with Crippen molar-refractivity contribution >= 4 is 27.3 Å². The smallest absolute Gasteiger partial charge is 0.278 e. The number of hydrogen-bond acceptors (Lipinski definition) is 2. The minimum absolute atomic E-state index is 0.0290. The summed E-state index contributed by atoms with van der Waals surface area (Å²) >= 11 is 5.39. The van der Waals surface area contributed by atoms with Gasteiger partial charge in [0.25, 0.3) is 0 Å². The lowest BCUT2D eigenvalue weighted by Crippen LogP contribution is -2.64. The van der Waals surface area contributed by atoms with Crippen molar-refractivity contribution < 1.29 is 47.9 Å². The quantitative estimate of drug-likeness (QED) is 0.728. The molecule has 0 fully saturated rings. The zero-order valence-corrected chi connectivity index (χ0v) is 12.4. The summed E-state index contributed by atoms with van der Waals surface area (Å²) in [5.41, 5.74) is -0.815. The van der Waals surface area contributed by atoms with Gasteiger partial charge in [0.05, 0.1) is 0 Å². The second kappa shape index (κ2) is 5.86. The molecule has 0 aromatic heterocycles. The van der Waals surface area contributed by atoms with Gasteiger partial charge >= 0.3 is 33.3 Å². The number of benzene rings is 1. The van der Waals surface area contributed by atoms with Crippen LogP contribution in [0.5, 0.6) is 0 Å². The van der Waals surface area contributed by atoms with Crippen LogP contribution in [-0.2, 0) is 10.0 Å². The van der Waals surface area contributed by atoms with Crippen LogP contribution in [0.15, 0.2) is 24.3 Å². The van der Waals surface area contributed by atoms with Crippen molar-refractivity contribution in [2.45, 2.75) is 23.3 Å². The van der Waals surface area contributed by atoms with Crippen molar-refractivity contribution in [3.05, 3.63) is 29.3 Å². The summed E-state index contributed by atoms with van der Waals surface area (Å²) < 4.78 is 137. The van der Waals surface area contributed by atoms with Gasteiger partial charge in [-0.25, -0.2) is 0 Å². The number of halogens is 10. The van der Waals surface area contributed by atoms with Crippen LogP contribution in [0.1, 0.15) is 0 Å². The summed E-state index contributed by atoms with van der Waals surface area (Å²) in [6.45, 7) is 0. The van der Waals surface area contributed by atoms with Gasteiger partial charge in [0.15, 0.2) is 0 Å². The first-order valence-electron chi connectivity index (χ1n) is 5.45. The molecular formula is C10H5ClF9NO2S. The Hall–Kier alpha value is -1.37. The van der Waals surface area contributed by atoms with Gasteiger partial charge in [-0.1, -0.05) is 11.6 Å². The third-order valence-electron chi connectivity index (χ3n) is 2.55. The van der Waals surface area contributed by atoms with Crippen LogP contribution in [0.25, 0.3) is 0 Å². The molecule has 1 rings (SSSR count).